The third kappa shape index (κ3) is 3.37. The molecule has 0 saturated heterocycles. The van der Waals surface area contributed by atoms with Crippen molar-refractivity contribution >= 4 is 21.8 Å². The Morgan fingerprint density at radius 3 is 2.78 bits per heavy atom. The Morgan fingerprint density at radius 1 is 1.22 bits per heavy atom. The fourth-order valence-electron chi connectivity index (χ4n) is 3.54. The molecule has 1 unspecified atom stereocenters. The predicted octanol–water partition coefficient (Wildman–Crippen LogP) is 4.51. The zero-order valence-corrected chi connectivity index (χ0v) is 16.8. The van der Waals surface area contributed by atoms with Crippen LogP contribution in [0.4, 0.5) is 0 Å². The second kappa shape index (κ2) is 7.19. The van der Waals surface area contributed by atoms with Crippen molar-refractivity contribution in [2.45, 2.75) is 26.3 Å². The topological polar surface area (TPSA) is 56.2 Å². The lowest BCUT2D eigenvalue weighted by Crippen LogP contribution is -2.32. The molecule has 0 bridgehead atoms. The van der Waals surface area contributed by atoms with Crippen molar-refractivity contribution in [3.63, 3.8) is 0 Å². The molecular formula is C21H20BrN3O2. The van der Waals surface area contributed by atoms with Gasteiger partial charge in [0.2, 0.25) is 0 Å². The van der Waals surface area contributed by atoms with E-state index in [0.29, 0.717) is 12.2 Å². The maximum atomic E-state index is 13.1. The average molecular weight is 426 g/mol. The minimum Gasteiger partial charge on any atom is -0.493 e. The van der Waals surface area contributed by atoms with Crippen molar-refractivity contribution < 1.29 is 9.53 Å². The summed E-state index contributed by atoms with van der Waals surface area (Å²) in [4.78, 5) is 13.1. The summed E-state index contributed by atoms with van der Waals surface area (Å²) in [5, 5.41) is 7.75. The number of ether oxygens (including phenoxy) is 1. The Labute approximate surface area is 166 Å². The van der Waals surface area contributed by atoms with Crippen LogP contribution in [0, 0.1) is 13.8 Å². The number of hydrogen-bond acceptors (Lipinski definition) is 3. The highest BCUT2D eigenvalue weighted by Gasteiger charge is 2.26. The van der Waals surface area contributed by atoms with E-state index in [2.05, 4.69) is 26.3 Å². The SMILES string of the molecule is Cc1nn(-c2ccccc2)c(C)c1C(=O)NC1CCOc2ccc(Br)cc21. The molecule has 5 nitrogen and oxygen atoms in total. The number of aryl methyl sites for hydroxylation is 1. The summed E-state index contributed by atoms with van der Waals surface area (Å²) in [5.74, 6) is 0.716. The van der Waals surface area contributed by atoms with Gasteiger partial charge in [0.15, 0.2) is 0 Å². The fourth-order valence-corrected chi connectivity index (χ4v) is 3.92. The van der Waals surface area contributed by atoms with E-state index >= 15 is 0 Å². The number of para-hydroxylation sites is 1. The minimum atomic E-state index is -0.106. The third-order valence-electron chi connectivity index (χ3n) is 4.84. The number of fused-ring (bicyclic) bond motifs is 1. The van der Waals surface area contributed by atoms with Gasteiger partial charge in [0, 0.05) is 16.5 Å². The average Bonchev–Trinajstić information content (AvgIpc) is 2.97. The Bertz CT molecular complexity index is 998. The van der Waals surface area contributed by atoms with Crippen LogP contribution in [0.3, 0.4) is 0 Å². The van der Waals surface area contributed by atoms with Crippen LogP contribution >= 0.6 is 15.9 Å². The summed E-state index contributed by atoms with van der Waals surface area (Å²) in [7, 11) is 0. The molecule has 4 rings (SSSR count). The second-order valence-corrected chi connectivity index (χ2v) is 7.55. The molecule has 1 N–H and O–H groups in total. The van der Waals surface area contributed by atoms with E-state index in [4.69, 9.17) is 4.74 Å². The first kappa shape index (κ1) is 17.8. The molecule has 138 valence electrons. The van der Waals surface area contributed by atoms with Gasteiger partial charge in [-0.25, -0.2) is 4.68 Å². The lowest BCUT2D eigenvalue weighted by molar-refractivity contribution is 0.0923. The molecule has 1 amide bonds. The molecule has 1 aromatic heterocycles. The Hall–Kier alpha value is -2.60. The number of nitrogens with one attached hydrogen (secondary N) is 1. The minimum absolute atomic E-state index is 0.0855. The quantitative estimate of drug-likeness (QED) is 0.671. The van der Waals surface area contributed by atoms with Crippen LogP contribution < -0.4 is 10.1 Å². The molecule has 27 heavy (non-hydrogen) atoms. The van der Waals surface area contributed by atoms with Crippen LogP contribution in [0.5, 0.6) is 5.75 Å². The van der Waals surface area contributed by atoms with Crippen molar-refractivity contribution in [1.29, 1.82) is 0 Å². The van der Waals surface area contributed by atoms with Crippen molar-refractivity contribution in [3.05, 3.63) is 75.5 Å². The predicted molar refractivity (Wildman–Crippen MR) is 107 cm³/mol. The van der Waals surface area contributed by atoms with Crippen LogP contribution in [-0.2, 0) is 0 Å². The second-order valence-electron chi connectivity index (χ2n) is 6.64. The Balaban J connectivity index is 1.64. The van der Waals surface area contributed by atoms with Crippen molar-refractivity contribution in [2.75, 3.05) is 6.61 Å². The number of hydrogen-bond donors (Lipinski definition) is 1. The molecule has 6 heteroatoms. The molecule has 1 aliphatic heterocycles. The monoisotopic (exact) mass is 425 g/mol. The number of benzene rings is 2. The molecule has 2 heterocycles. The highest BCUT2D eigenvalue weighted by molar-refractivity contribution is 9.10. The number of carbonyl (C=O) groups is 1. The van der Waals surface area contributed by atoms with E-state index in [9.17, 15) is 4.79 Å². The van der Waals surface area contributed by atoms with Gasteiger partial charge in [0.25, 0.3) is 5.91 Å². The maximum absolute atomic E-state index is 13.1. The Morgan fingerprint density at radius 2 is 2.00 bits per heavy atom. The summed E-state index contributed by atoms with van der Waals surface area (Å²) in [6.45, 7) is 4.38. The van der Waals surface area contributed by atoms with Gasteiger partial charge in [-0.2, -0.15) is 5.10 Å². The number of amides is 1. The van der Waals surface area contributed by atoms with Crippen LogP contribution in [0.25, 0.3) is 5.69 Å². The summed E-state index contributed by atoms with van der Waals surface area (Å²) in [6.07, 6.45) is 0.736. The summed E-state index contributed by atoms with van der Waals surface area (Å²) >= 11 is 3.50. The molecule has 1 aliphatic rings. The number of aromatic nitrogens is 2. The van der Waals surface area contributed by atoms with E-state index in [1.165, 1.54) is 0 Å². The van der Waals surface area contributed by atoms with E-state index in [1.54, 1.807) is 0 Å². The van der Waals surface area contributed by atoms with Gasteiger partial charge in [-0.15, -0.1) is 0 Å². The van der Waals surface area contributed by atoms with Crippen LogP contribution in [-0.4, -0.2) is 22.3 Å². The van der Waals surface area contributed by atoms with Gasteiger partial charge >= 0.3 is 0 Å². The zero-order valence-electron chi connectivity index (χ0n) is 15.2. The molecule has 2 aromatic carbocycles. The number of carbonyl (C=O) groups excluding carboxylic acids is 1. The van der Waals surface area contributed by atoms with Crippen LogP contribution in [0.2, 0.25) is 0 Å². The lowest BCUT2D eigenvalue weighted by Gasteiger charge is -2.27. The van der Waals surface area contributed by atoms with E-state index in [-0.39, 0.29) is 11.9 Å². The molecule has 0 aliphatic carbocycles. The molecule has 1 atom stereocenters. The van der Waals surface area contributed by atoms with Gasteiger partial charge in [-0.3, -0.25) is 4.79 Å². The molecule has 3 aromatic rings. The summed E-state index contributed by atoms with van der Waals surface area (Å²) in [5.41, 5.74) is 4.11. The van der Waals surface area contributed by atoms with E-state index < -0.39 is 0 Å². The number of nitrogens with zero attached hydrogens (tertiary/aromatic N) is 2. The zero-order chi connectivity index (χ0) is 19.0. The number of rotatable bonds is 3. The first-order valence-electron chi connectivity index (χ1n) is 8.89. The van der Waals surface area contributed by atoms with Crippen molar-refractivity contribution in [1.82, 2.24) is 15.1 Å². The van der Waals surface area contributed by atoms with Crippen molar-refractivity contribution in [3.8, 4) is 11.4 Å². The fraction of sp³-hybridized carbons (Fsp3) is 0.238. The highest BCUT2D eigenvalue weighted by Crippen LogP contribution is 2.34. The van der Waals surface area contributed by atoms with Gasteiger partial charge in [0.1, 0.15) is 5.75 Å². The first-order valence-corrected chi connectivity index (χ1v) is 9.68. The maximum Gasteiger partial charge on any atom is 0.255 e. The first-order chi connectivity index (χ1) is 13.0. The van der Waals surface area contributed by atoms with Crippen LogP contribution in [0.1, 0.15) is 39.8 Å². The normalized spacial score (nSPS) is 15.7. The molecular weight excluding hydrogens is 406 g/mol. The third-order valence-corrected chi connectivity index (χ3v) is 5.33. The smallest absolute Gasteiger partial charge is 0.255 e. The van der Waals surface area contributed by atoms with E-state index in [0.717, 1.165) is 39.3 Å². The van der Waals surface area contributed by atoms with Gasteiger partial charge in [-0.1, -0.05) is 34.1 Å². The molecule has 0 saturated carbocycles. The summed E-state index contributed by atoms with van der Waals surface area (Å²) in [6, 6.07) is 15.6. The number of halogens is 1. The molecule has 0 fully saturated rings. The van der Waals surface area contributed by atoms with E-state index in [1.807, 2.05) is 67.1 Å². The molecule has 0 spiro atoms. The largest absolute Gasteiger partial charge is 0.493 e. The highest BCUT2D eigenvalue weighted by atomic mass is 79.9. The van der Waals surface area contributed by atoms with Crippen molar-refractivity contribution in [2.24, 2.45) is 0 Å². The molecule has 0 radical (unpaired) electrons. The lowest BCUT2D eigenvalue weighted by atomic mass is 10.00. The van der Waals surface area contributed by atoms with Gasteiger partial charge in [-0.05, 0) is 44.2 Å². The van der Waals surface area contributed by atoms with Gasteiger partial charge in [0.05, 0.1) is 35.3 Å². The van der Waals surface area contributed by atoms with Gasteiger partial charge < -0.3 is 10.1 Å². The summed E-state index contributed by atoms with van der Waals surface area (Å²) < 4.78 is 8.50. The Kier molecular flexibility index (Phi) is 4.74. The van der Waals surface area contributed by atoms with Crippen LogP contribution in [0.15, 0.2) is 53.0 Å². The standard InChI is InChI=1S/C21H20BrN3O2/c1-13-20(14(2)25(24-13)16-6-4-3-5-7-16)21(26)23-18-10-11-27-19-9-8-15(22)12-17(18)19/h3-9,12,18H,10-11H2,1-2H3,(H,23,26).